The third kappa shape index (κ3) is 16.7. The monoisotopic (exact) mass is 374 g/mol. The third-order valence-electron chi connectivity index (χ3n) is 4.22. The van der Waals surface area contributed by atoms with Crippen LogP contribution in [0.5, 0.6) is 0 Å². The van der Waals surface area contributed by atoms with E-state index in [1.165, 1.54) is 25.7 Å². The summed E-state index contributed by atoms with van der Waals surface area (Å²) in [4.78, 5) is 0. The molecule has 0 aromatic heterocycles. The molecule has 2 unspecified atom stereocenters. The summed E-state index contributed by atoms with van der Waals surface area (Å²) in [6, 6.07) is 0. The third-order valence-corrected chi connectivity index (χ3v) is 5.51. The molecule has 0 bridgehead atoms. The van der Waals surface area contributed by atoms with E-state index in [1.54, 1.807) is 0 Å². The van der Waals surface area contributed by atoms with E-state index in [2.05, 4.69) is 6.92 Å². The van der Waals surface area contributed by atoms with Crippen LogP contribution in [0.25, 0.3) is 0 Å². The van der Waals surface area contributed by atoms with E-state index in [0.717, 1.165) is 44.9 Å². The molecule has 23 heavy (non-hydrogen) atoms. The zero-order valence-electron chi connectivity index (χ0n) is 15.4. The molecule has 0 radical (unpaired) electrons. The van der Waals surface area contributed by atoms with Gasteiger partial charge >= 0.3 is 51.4 Å². The zero-order valence-corrected chi connectivity index (χ0v) is 19.4. The van der Waals surface area contributed by atoms with E-state index in [1.807, 2.05) is 6.92 Å². The summed E-state index contributed by atoms with van der Waals surface area (Å²) in [5, 5.41) is 9.16. The maximum absolute atomic E-state index is 11.1. The number of unbranched alkanes of at least 4 members (excludes halogenated alkanes) is 6. The minimum Gasteiger partial charge on any atom is -0.748 e. The van der Waals surface area contributed by atoms with Gasteiger partial charge in [-0.1, -0.05) is 71.6 Å². The molecule has 0 saturated heterocycles. The van der Waals surface area contributed by atoms with E-state index >= 15 is 0 Å². The number of rotatable bonds is 15. The van der Waals surface area contributed by atoms with Crippen LogP contribution in [0.2, 0.25) is 0 Å². The Labute approximate surface area is 186 Å². The Balaban J connectivity index is 0. The summed E-state index contributed by atoms with van der Waals surface area (Å²) >= 11 is 0. The Kier molecular flexibility index (Phi) is 19.7. The molecule has 0 aliphatic rings. The van der Waals surface area contributed by atoms with Gasteiger partial charge in [0.15, 0.2) is 0 Å². The second kappa shape index (κ2) is 16.9. The number of hydrogen-bond donors (Lipinski definition) is 1. The van der Waals surface area contributed by atoms with Gasteiger partial charge in [0.05, 0.1) is 16.2 Å². The minimum absolute atomic E-state index is 0. The smallest absolute Gasteiger partial charge is 0.748 e. The van der Waals surface area contributed by atoms with Gasteiger partial charge in [-0.2, -0.15) is 0 Å². The molecular formula is C17H35KO4S. The largest absolute Gasteiger partial charge is 1.00 e. The summed E-state index contributed by atoms with van der Waals surface area (Å²) in [6.45, 7) is 4.09. The standard InChI is InChI=1S/C17H36O4S.K/c1-3-5-6-7-9-13-16(18)14-10-8-11-15-17(12-4-2)22(19,20)21;/h16-18H,3-15H2,1-2H3,(H,19,20,21);/q;+1/p-1. The fourth-order valence-corrected chi connectivity index (χ4v) is 3.79. The fraction of sp³-hybridized carbons (Fsp3) is 1.00. The Bertz CT molecular complexity index is 347. The molecule has 1 N–H and O–H groups in total. The van der Waals surface area contributed by atoms with Gasteiger partial charge in [0.25, 0.3) is 0 Å². The first-order chi connectivity index (χ1) is 10.4. The second-order valence-electron chi connectivity index (χ2n) is 6.40. The van der Waals surface area contributed by atoms with Gasteiger partial charge in [-0.25, -0.2) is 8.42 Å². The van der Waals surface area contributed by atoms with Crippen molar-refractivity contribution in [2.24, 2.45) is 0 Å². The molecule has 0 amide bonds. The Morgan fingerprint density at radius 1 is 0.783 bits per heavy atom. The molecule has 0 spiro atoms. The normalized spacial score (nSPS) is 14.3. The molecule has 0 fully saturated rings. The summed E-state index contributed by atoms with van der Waals surface area (Å²) in [6.07, 6.45) is 11.7. The Hall–Kier alpha value is 1.51. The van der Waals surface area contributed by atoms with Crippen LogP contribution in [0.4, 0.5) is 0 Å². The van der Waals surface area contributed by atoms with Crippen molar-refractivity contribution in [2.45, 2.75) is 109 Å². The zero-order chi connectivity index (χ0) is 16.8. The molecule has 4 nitrogen and oxygen atoms in total. The number of aliphatic hydroxyl groups excluding tert-OH is 1. The average molecular weight is 375 g/mol. The van der Waals surface area contributed by atoms with Gasteiger partial charge in [0.1, 0.15) is 0 Å². The number of hydrogen-bond acceptors (Lipinski definition) is 4. The predicted molar refractivity (Wildman–Crippen MR) is 90.9 cm³/mol. The Morgan fingerprint density at radius 3 is 1.74 bits per heavy atom. The first-order valence-electron chi connectivity index (χ1n) is 9.04. The van der Waals surface area contributed by atoms with Crippen molar-refractivity contribution < 1.29 is 69.5 Å². The molecule has 0 aromatic carbocycles. The van der Waals surface area contributed by atoms with Gasteiger partial charge in [-0.05, 0) is 25.7 Å². The SMILES string of the molecule is CCCCCCCC(O)CCCCCC(CCC)S(=O)(=O)[O-].[K+]. The topological polar surface area (TPSA) is 77.4 Å². The van der Waals surface area contributed by atoms with Crippen LogP contribution in [0.1, 0.15) is 97.3 Å². The fourth-order valence-electron chi connectivity index (χ4n) is 2.81. The van der Waals surface area contributed by atoms with Crippen LogP contribution in [0.15, 0.2) is 0 Å². The van der Waals surface area contributed by atoms with Crippen molar-refractivity contribution in [2.75, 3.05) is 0 Å². The maximum Gasteiger partial charge on any atom is 1.00 e. The van der Waals surface area contributed by atoms with E-state index in [9.17, 15) is 18.1 Å². The summed E-state index contributed by atoms with van der Waals surface area (Å²) in [5.74, 6) is 0. The van der Waals surface area contributed by atoms with Crippen molar-refractivity contribution in [3.05, 3.63) is 0 Å². The van der Waals surface area contributed by atoms with E-state index in [-0.39, 0.29) is 57.5 Å². The van der Waals surface area contributed by atoms with Crippen molar-refractivity contribution >= 4 is 10.1 Å². The second-order valence-corrected chi connectivity index (χ2v) is 8.05. The van der Waals surface area contributed by atoms with Crippen LogP contribution in [-0.2, 0) is 10.1 Å². The average Bonchev–Trinajstić information content (AvgIpc) is 2.44. The van der Waals surface area contributed by atoms with Crippen LogP contribution < -0.4 is 51.4 Å². The van der Waals surface area contributed by atoms with Gasteiger partial charge in [0, 0.05) is 5.25 Å². The molecule has 0 rings (SSSR count). The van der Waals surface area contributed by atoms with Crippen molar-refractivity contribution in [3.8, 4) is 0 Å². The van der Waals surface area contributed by atoms with Crippen molar-refractivity contribution in [1.82, 2.24) is 0 Å². The van der Waals surface area contributed by atoms with E-state index in [4.69, 9.17) is 0 Å². The van der Waals surface area contributed by atoms with Crippen molar-refractivity contribution in [1.29, 1.82) is 0 Å². The molecular weight excluding hydrogens is 339 g/mol. The van der Waals surface area contributed by atoms with Crippen molar-refractivity contribution in [3.63, 3.8) is 0 Å². The maximum atomic E-state index is 11.1. The predicted octanol–water partition coefficient (Wildman–Crippen LogP) is 1.38. The quantitative estimate of drug-likeness (QED) is 0.267. The Morgan fingerprint density at radius 2 is 1.26 bits per heavy atom. The van der Waals surface area contributed by atoms with E-state index < -0.39 is 15.4 Å². The molecule has 0 aromatic rings. The number of aliphatic hydroxyl groups is 1. The summed E-state index contributed by atoms with van der Waals surface area (Å²) in [7, 11) is -4.15. The molecule has 134 valence electrons. The summed E-state index contributed by atoms with van der Waals surface area (Å²) in [5.41, 5.74) is 0. The van der Waals surface area contributed by atoms with Gasteiger partial charge in [-0.15, -0.1) is 0 Å². The van der Waals surface area contributed by atoms with Crippen LogP contribution >= 0.6 is 0 Å². The first kappa shape index (κ1) is 26.7. The van der Waals surface area contributed by atoms with Crippen LogP contribution in [0.3, 0.4) is 0 Å². The van der Waals surface area contributed by atoms with Crippen LogP contribution in [-0.4, -0.2) is 29.4 Å². The molecule has 0 heterocycles. The van der Waals surface area contributed by atoms with Gasteiger partial charge in [-0.3, -0.25) is 0 Å². The first-order valence-corrected chi connectivity index (χ1v) is 10.5. The van der Waals surface area contributed by atoms with E-state index in [0.29, 0.717) is 12.8 Å². The molecule has 6 heteroatoms. The van der Waals surface area contributed by atoms with Crippen LogP contribution in [0, 0.1) is 0 Å². The minimum atomic E-state index is -4.15. The molecule has 0 aliphatic carbocycles. The molecule has 2 atom stereocenters. The molecule has 0 aliphatic heterocycles. The van der Waals surface area contributed by atoms with Gasteiger partial charge < -0.3 is 9.66 Å². The van der Waals surface area contributed by atoms with Gasteiger partial charge in [0.2, 0.25) is 0 Å². The molecule has 0 saturated carbocycles. The summed E-state index contributed by atoms with van der Waals surface area (Å²) < 4.78 is 33.3.